The van der Waals surface area contributed by atoms with Crippen molar-refractivity contribution in [1.29, 1.82) is 0 Å². The highest BCUT2D eigenvalue weighted by Gasteiger charge is 2.05. The van der Waals surface area contributed by atoms with Gasteiger partial charge in [0.25, 0.3) is 0 Å². The van der Waals surface area contributed by atoms with Gasteiger partial charge in [-0.3, -0.25) is 4.98 Å². The first-order valence-corrected chi connectivity index (χ1v) is 5.91. The Morgan fingerprint density at radius 3 is 2.83 bits per heavy atom. The van der Waals surface area contributed by atoms with Crippen molar-refractivity contribution < 1.29 is 0 Å². The predicted octanol–water partition coefficient (Wildman–Crippen LogP) is 1.94. The first-order valence-electron chi connectivity index (χ1n) is 5.91. The van der Waals surface area contributed by atoms with Crippen LogP contribution in [0, 0.1) is 0 Å². The maximum atomic E-state index is 5.70. The Hall–Kier alpha value is -2.20. The normalized spacial score (nSPS) is 10.9. The Labute approximate surface area is 105 Å². The summed E-state index contributed by atoms with van der Waals surface area (Å²) >= 11 is 0. The Balaban J connectivity index is 2.01. The van der Waals surface area contributed by atoms with E-state index < -0.39 is 0 Å². The summed E-state index contributed by atoms with van der Waals surface area (Å²) in [6.07, 6.45) is 3.63. The zero-order valence-electron chi connectivity index (χ0n) is 9.95. The maximum Gasteiger partial charge on any atom is 0.0961 e. The average Bonchev–Trinajstić information content (AvgIpc) is 2.83. The first kappa shape index (κ1) is 10.9. The quantitative estimate of drug-likeness (QED) is 0.758. The lowest BCUT2D eigenvalue weighted by Gasteiger charge is -2.08. The minimum atomic E-state index is 0.461. The second-order valence-corrected chi connectivity index (χ2v) is 4.17. The smallest absolute Gasteiger partial charge is 0.0961 e. The van der Waals surface area contributed by atoms with Crippen LogP contribution in [-0.4, -0.2) is 14.5 Å². The lowest BCUT2D eigenvalue weighted by molar-refractivity contribution is 0.796. The van der Waals surface area contributed by atoms with Crippen LogP contribution in [-0.2, 0) is 13.1 Å². The molecule has 0 bridgehead atoms. The molecule has 0 unspecified atom stereocenters. The van der Waals surface area contributed by atoms with E-state index in [2.05, 4.69) is 26.7 Å². The van der Waals surface area contributed by atoms with Gasteiger partial charge in [-0.1, -0.05) is 18.2 Å². The van der Waals surface area contributed by atoms with Crippen LogP contribution in [0.4, 0.5) is 0 Å². The molecule has 0 radical (unpaired) electrons. The molecule has 2 heterocycles. The van der Waals surface area contributed by atoms with E-state index in [1.54, 1.807) is 6.20 Å². The molecule has 0 amide bonds. The van der Waals surface area contributed by atoms with Crippen molar-refractivity contribution in [3.63, 3.8) is 0 Å². The Morgan fingerprint density at radius 2 is 1.94 bits per heavy atom. The zero-order chi connectivity index (χ0) is 12.4. The lowest BCUT2D eigenvalue weighted by Crippen LogP contribution is -2.07. The number of hydrogen-bond acceptors (Lipinski definition) is 3. The fourth-order valence-electron chi connectivity index (χ4n) is 2.12. The second kappa shape index (κ2) is 4.58. The average molecular weight is 238 g/mol. The molecule has 0 fully saturated rings. The number of nitrogens with two attached hydrogens (primary N) is 1. The van der Waals surface area contributed by atoms with Crippen molar-refractivity contribution in [3.8, 4) is 0 Å². The van der Waals surface area contributed by atoms with Gasteiger partial charge in [-0.15, -0.1) is 0 Å². The monoisotopic (exact) mass is 238 g/mol. The summed E-state index contributed by atoms with van der Waals surface area (Å²) < 4.78 is 2.12. The molecule has 2 N–H and O–H groups in total. The molecule has 1 aromatic carbocycles. The summed E-state index contributed by atoms with van der Waals surface area (Å²) in [5, 5.41) is 0. The predicted molar refractivity (Wildman–Crippen MR) is 71.0 cm³/mol. The van der Waals surface area contributed by atoms with Crippen LogP contribution in [0.25, 0.3) is 11.0 Å². The van der Waals surface area contributed by atoms with Gasteiger partial charge in [0.1, 0.15) is 0 Å². The van der Waals surface area contributed by atoms with Crippen molar-refractivity contribution in [2.45, 2.75) is 13.1 Å². The molecule has 0 saturated carbocycles. The molecule has 0 aliphatic rings. The van der Waals surface area contributed by atoms with E-state index in [4.69, 9.17) is 5.73 Å². The van der Waals surface area contributed by atoms with Crippen LogP contribution in [0.1, 0.15) is 11.3 Å². The summed E-state index contributed by atoms with van der Waals surface area (Å²) in [7, 11) is 0. The van der Waals surface area contributed by atoms with Crippen molar-refractivity contribution in [2.24, 2.45) is 5.73 Å². The van der Waals surface area contributed by atoms with Gasteiger partial charge in [0.15, 0.2) is 0 Å². The SMILES string of the molecule is NCc1ncccc1Cn1cnc2ccccc21. The van der Waals surface area contributed by atoms with Gasteiger partial charge in [0.2, 0.25) is 0 Å². The van der Waals surface area contributed by atoms with E-state index in [-0.39, 0.29) is 0 Å². The third-order valence-corrected chi connectivity index (χ3v) is 3.05. The third kappa shape index (κ3) is 1.87. The van der Waals surface area contributed by atoms with Crippen LogP contribution in [0.15, 0.2) is 48.9 Å². The van der Waals surface area contributed by atoms with Crippen molar-refractivity contribution in [2.75, 3.05) is 0 Å². The molecule has 4 nitrogen and oxygen atoms in total. The highest BCUT2D eigenvalue weighted by Crippen LogP contribution is 2.15. The molecular formula is C14H14N4. The largest absolute Gasteiger partial charge is 0.326 e. The number of nitrogens with zero attached hydrogens (tertiary/aromatic N) is 3. The Bertz CT molecular complexity index is 672. The van der Waals surface area contributed by atoms with E-state index in [1.807, 2.05) is 30.6 Å². The Kier molecular flexibility index (Phi) is 2.78. The maximum absolute atomic E-state index is 5.70. The van der Waals surface area contributed by atoms with Crippen molar-refractivity contribution in [1.82, 2.24) is 14.5 Å². The minimum Gasteiger partial charge on any atom is -0.326 e. The van der Waals surface area contributed by atoms with Crippen LogP contribution < -0.4 is 5.73 Å². The highest BCUT2D eigenvalue weighted by molar-refractivity contribution is 5.75. The molecule has 0 saturated heterocycles. The number of pyridine rings is 1. The summed E-state index contributed by atoms with van der Waals surface area (Å²) in [6.45, 7) is 1.21. The van der Waals surface area contributed by atoms with Gasteiger partial charge >= 0.3 is 0 Å². The van der Waals surface area contributed by atoms with Gasteiger partial charge in [-0.05, 0) is 23.8 Å². The van der Waals surface area contributed by atoms with Crippen LogP contribution in [0.3, 0.4) is 0 Å². The van der Waals surface area contributed by atoms with Crippen LogP contribution in [0.5, 0.6) is 0 Å². The van der Waals surface area contributed by atoms with Gasteiger partial charge in [0, 0.05) is 12.7 Å². The molecule has 3 rings (SSSR count). The van der Waals surface area contributed by atoms with Crippen molar-refractivity contribution >= 4 is 11.0 Å². The standard InChI is InChI=1S/C14H14N4/c15-8-13-11(4-3-7-16-13)9-18-10-17-12-5-1-2-6-14(12)18/h1-7,10H,8-9,15H2. The fourth-order valence-corrected chi connectivity index (χ4v) is 2.12. The first-order chi connectivity index (χ1) is 8.88. The van der Waals surface area contributed by atoms with E-state index in [0.717, 1.165) is 28.8 Å². The van der Waals surface area contributed by atoms with Gasteiger partial charge in [-0.2, -0.15) is 0 Å². The molecule has 18 heavy (non-hydrogen) atoms. The summed E-state index contributed by atoms with van der Waals surface area (Å²) in [5.41, 5.74) is 9.93. The van der Waals surface area contributed by atoms with Gasteiger partial charge in [-0.25, -0.2) is 4.98 Å². The summed E-state index contributed by atoms with van der Waals surface area (Å²) in [5.74, 6) is 0. The number of fused-ring (bicyclic) bond motifs is 1. The summed E-state index contributed by atoms with van der Waals surface area (Å²) in [4.78, 5) is 8.68. The number of rotatable bonds is 3. The molecule has 0 spiro atoms. The van der Waals surface area contributed by atoms with Gasteiger partial charge in [0.05, 0.1) is 29.6 Å². The molecule has 2 aromatic heterocycles. The number of aromatic nitrogens is 3. The molecule has 0 aliphatic heterocycles. The lowest BCUT2D eigenvalue weighted by atomic mass is 10.2. The topological polar surface area (TPSA) is 56.7 Å². The molecule has 3 aromatic rings. The molecule has 0 aliphatic carbocycles. The third-order valence-electron chi connectivity index (χ3n) is 3.05. The molecular weight excluding hydrogens is 224 g/mol. The highest BCUT2D eigenvalue weighted by atomic mass is 15.0. The fraction of sp³-hybridized carbons (Fsp3) is 0.143. The second-order valence-electron chi connectivity index (χ2n) is 4.17. The Morgan fingerprint density at radius 1 is 1.06 bits per heavy atom. The van der Waals surface area contributed by atoms with E-state index >= 15 is 0 Å². The van der Waals surface area contributed by atoms with Gasteiger partial charge < -0.3 is 10.3 Å². The number of para-hydroxylation sites is 2. The summed E-state index contributed by atoms with van der Waals surface area (Å²) in [6, 6.07) is 12.1. The van der Waals surface area contributed by atoms with Crippen molar-refractivity contribution in [3.05, 3.63) is 60.2 Å². The van der Waals surface area contributed by atoms with E-state index in [1.165, 1.54) is 0 Å². The minimum absolute atomic E-state index is 0.461. The number of imidazole rings is 1. The number of hydrogen-bond donors (Lipinski definition) is 1. The van der Waals surface area contributed by atoms with Crippen LogP contribution in [0.2, 0.25) is 0 Å². The molecule has 90 valence electrons. The van der Waals surface area contributed by atoms with E-state index in [9.17, 15) is 0 Å². The van der Waals surface area contributed by atoms with Crippen LogP contribution >= 0.6 is 0 Å². The molecule has 0 atom stereocenters. The zero-order valence-corrected chi connectivity index (χ0v) is 9.95. The number of benzene rings is 1. The van der Waals surface area contributed by atoms with E-state index in [0.29, 0.717) is 6.54 Å². The molecule has 4 heteroatoms.